The summed E-state index contributed by atoms with van der Waals surface area (Å²) in [7, 11) is 0. The molecule has 0 unspecified atom stereocenters. The minimum Gasteiger partial charge on any atom is -1.00 e. The Kier molecular flexibility index (Phi) is 8.73. The van der Waals surface area contributed by atoms with Crippen LogP contribution in [-0.4, -0.2) is 0 Å². The van der Waals surface area contributed by atoms with Crippen molar-refractivity contribution in [3.05, 3.63) is 81.9 Å². The molecular formula is C37H46Cl2Zr. The summed E-state index contributed by atoms with van der Waals surface area (Å²) >= 11 is 0. The fraction of sp³-hybridized carbons (Fsp3) is 0.514. The molecule has 4 aromatic rings. The maximum absolute atomic E-state index is 2.63. The van der Waals surface area contributed by atoms with Crippen LogP contribution in [0.25, 0.3) is 21.5 Å². The molecule has 0 saturated carbocycles. The molecule has 6 rings (SSSR count). The SMILES string of the molecule is CC1(C)CCC(C)(C)c2cc3c(cc21)c1cc2c(cc1[c-]3C(C)(C)c1cc[cH-]c1)C(C)(C)CCC2(C)C.[Cl-].[Cl-].[Zr+4]. The van der Waals surface area contributed by atoms with Crippen LogP contribution in [0.3, 0.4) is 0 Å². The Morgan fingerprint density at radius 1 is 0.625 bits per heavy atom. The Bertz CT molecular complexity index is 1450. The molecule has 0 nitrogen and oxygen atoms in total. The van der Waals surface area contributed by atoms with Crippen molar-refractivity contribution in [3.8, 4) is 0 Å². The maximum Gasteiger partial charge on any atom is 4.00 e. The van der Waals surface area contributed by atoms with Gasteiger partial charge in [0.05, 0.1) is 0 Å². The van der Waals surface area contributed by atoms with E-state index in [0.29, 0.717) is 0 Å². The van der Waals surface area contributed by atoms with Crippen molar-refractivity contribution in [1.82, 2.24) is 0 Å². The number of rotatable bonds is 2. The molecule has 0 heterocycles. The Morgan fingerprint density at radius 3 is 1.30 bits per heavy atom. The first-order chi connectivity index (χ1) is 17.1. The molecule has 0 N–H and O–H groups in total. The summed E-state index contributed by atoms with van der Waals surface area (Å²) in [6.45, 7) is 24.6. The van der Waals surface area contributed by atoms with E-state index in [-0.39, 0.29) is 78.1 Å². The molecule has 2 aliphatic carbocycles. The van der Waals surface area contributed by atoms with Gasteiger partial charge in [0, 0.05) is 0 Å². The van der Waals surface area contributed by atoms with Crippen molar-refractivity contribution < 1.29 is 51.0 Å². The summed E-state index contributed by atoms with van der Waals surface area (Å²) in [4.78, 5) is 0. The average Bonchev–Trinajstić information content (AvgIpc) is 3.46. The average molecular weight is 653 g/mol. The molecule has 0 bridgehead atoms. The summed E-state index contributed by atoms with van der Waals surface area (Å²) in [5, 5.41) is 5.89. The molecule has 0 radical (unpaired) electrons. The second-order valence-electron chi connectivity index (χ2n) is 15.6. The van der Waals surface area contributed by atoms with Crippen LogP contribution >= 0.6 is 0 Å². The van der Waals surface area contributed by atoms with E-state index >= 15 is 0 Å². The van der Waals surface area contributed by atoms with E-state index < -0.39 is 0 Å². The number of halogens is 2. The van der Waals surface area contributed by atoms with Crippen molar-refractivity contribution in [2.45, 2.75) is 122 Å². The van der Waals surface area contributed by atoms with Gasteiger partial charge in [0.15, 0.2) is 0 Å². The summed E-state index contributed by atoms with van der Waals surface area (Å²) in [5.41, 5.74) is 9.95. The first kappa shape index (κ1) is 33.6. The molecule has 0 amide bonds. The van der Waals surface area contributed by atoms with Crippen molar-refractivity contribution in [1.29, 1.82) is 0 Å². The van der Waals surface area contributed by atoms with Gasteiger partial charge in [0.25, 0.3) is 0 Å². The standard InChI is InChI=1S/C37H46.2ClH.Zr/c1-33(2)15-17-35(5,6)30-21-26-24(19-28(30)33)25-20-29-31(36(7,8)18-16-34(29,3)4)22-27(25)32(26)37(9,10)23-13-11-12-14-23;;;/h11-14,19-22H,15-18H2,1-10H3;2*1H;/q-2;;;+4/p-2. The zero-order valence-electron chi connectivity index (χ0n) is 26.2. The molecule has 0 saturated heterocycles. The van der Waals surface area contributed by atoms with Crippen LogP contribution in [0.5, 0.6) is 0 Å². The predicted molar refractivity (Wildman–Crippen MR) is 162 cm³/mol. The smallest absolute Gasteiger partial charge is 1.00 e. The van der Waals surface area contributed by atoms with Gasteiger partial charge >= 0.3 is 26.2 Å². The molecule has 2 aliphatic rings. The number of benzene rings is 2. The van der Waals surface area contributed by atoms with Gasteiger partial charge < -0.3 is 24.8 Å². The second kappa shape index (κ2) is 10.4. The summed E-state index contributed by atoms with van der Waals surface area (Å²) in [6, 6.07) is 19.5. The molecule has 212 valence electrons. The van der Waals surface area contributed by atoms with Crippen molar-refractivity contribution in [2.75, 3.05) is 0 Å². The Labute approximate surface area is 274 Å². The van der Waals surface area contributed by atoms with Crippen molar-refractivity contribution in [3.63, 3.8) is 0 Å². The van der Waals surface area contributed by atoms with Gasteiger partial charge in [0.1, 0.15) is 0 Å². The van der Waals surface area contributed by atoms with Crippen LogP contribution in [-0.2, 0) is 53.3 Å². The first-order valence-corrected chi connectivity index (χ1v) is 14.6. The first-order valence-electron chi connectivity index (χ1n) is 14.6. The number of hydrogen-bond acceptors (Lipinski definition) is 0. The summed E-state index contributed by atoms with van der Waals surface area (Å²) in [5.74, 6) is 0. The Balaban J connectivity index is 0.00000147. The molecule has 40 heavy (non-hydrogen) atoms. The summed E-state index contributed by atoms with van der Waals surface area (Å²) in [6.07, 6.45) is 4.99. The predicted octanol–water partition coefficient (Wildman–Crippen LogP) is 4.46. The third kappa shape index (κ3) is 4.83. The molecule has 0 spiro atoms. The monoisotopic (exact) mass is 650 g/mol. The minimum absolute atomic E-state index is 0. The second-order valence-corrected chi connectivity index (χ2v) is 15.6. The molecule has 0 atom stereocenters. The molecule has 0 fully saturated rings. The van der Waals surface area contributed by atoms with E-state index in [0.717, 1.165) is 0 Å². The Hall–Kier alpha value is -0.877. The fourth-order valence-corrected chi connectivity index (χ4v) is 7.84. The van der Waals surface area contributed by atoms with E-state index in [4.69, 9.17) is 0 Å². The van der Waals surface area contributed by atoms with Gasteiger partial charge in [-0.05, 0) is 47.3 Å². The van der Waals surface area contributed by atoms with Gasteiger partial charge in [-0.25, -0.2) is 6.07 Å². The maximum atomic E-state index is 2.63. The van der Waals surface area contributed by atoms with Crippen molar-refractivity contribution >= 4 is 21.5 Å². The van der Waals surface area contributed by atoms with Gasteiger partial charge in [-0.3, -0.25) is 0 Å². The van der Waals surface area contributed by atoms with Crippen LogP contribution in [0.4, 0.5) is 0 Å². The normalized spacial score (nSPS) is 20.1. The minimum atomic E-state index is -0.0748. The fourth-order valence-electron chi connectivity index (χ4n) is 7.84. The zero-order chi connectivity index (χ0) is 26.8. The molecular weight excluding hydrogens is 607 g/mol. The zero-order valence-corrected chi connectivity index (χ0v) is 30.2. The van der Waals surface area contributed by atoms with E-state index in [1.165, 1.54) is 58.4 Å². The van der Waals surface area contributed by atoms with Crippen LogP contribution in [0.15, 0.2) is 48.5 Å². The van der Waals surface area contributed by atoms with Crippen LogP contribution in [0.1, 0.15) is 128 Å². The van der Waals surface area contributed by atoms with E-state index in [1.54, 1.807) is 22.3 Å². The molecule has 4 aromatic carbocycles. The van der Waals surface area contributed by atoms with Crippen LogP contribution < -0.4 is 24.8 Å². The molecule has 0 aliphatic heterocycles. The molecule has 3 heteroatoms. The van der Waals surface area contributed by atoms with Crippen LogP contribution in [0.2, 0.25) is 0 Å². The largest absolute Gasteiger partial charge is 4.00 e. The quantitative estimate of drug-likeness (QED) is 0.281. The van der Waals surface area contributed by atoms with Gasteiger partial charge in [-0.1, -0.05) is 109 Å². The summed E-state index contributed by atoms with van der Waals surface area (Å²) < 4.78 is 0. The Morgan fingerprint density at radius 2 is 0.975 bits per heavy atom. The topological polar surface area (TPSA) is 0 Å². The van der Waals surface area contributed by atoms with Gasteiger partial charge in [0.2, 0.25) is 0 Å². The van der Waals surface area contributed by atoms with Crippen molar-refractivity contribution in [2.24, 2.45) is 0 Å². The number of fused-ring (bicyclic) bond motifs is 5. The van der Waals surface area contributed by atoms with E-state index in [1.807, 2.05) is 0 Å². The molecule has 0 aromatic heterocycles. The van der Waals surface area contributed by atoms with E-state index in [9.17, 15) is 0 Å². The number of hydrogen-bond donors (Lipinski definition) is 0. The van der Waals surface area contributed by atoms with Gasteiger partial charge in [-0.2, -0.15) is 23.8 Å². The van der Waals surface area contributed by atoms with Gasteiger partial charge in [-0.15, -0.1) is 39.2 Å². The third-order valence-corrected chi connectivity index (χ3v) is 10.8. The van der Waals surface area contributed by atoms with E-state index in [2.05, 4.69) is 118 Å². The third-order valence-electron chi connectivity index (χ3n) is 10.8. The van der Waals surface area contributed by atoms with Crippen LogP contribution in [0, 0.1) is 0 Å².